The van der Waals surface area contributed by atoms with E-state index in [9.17, 15) is 22.3 Å². The summed E-state index contributed by atoms with van der Waals surface area (Å²) in [7, 11) is -3.73. The van der Waals surface area contributed by atoms with Gasteiger partial charge in [0.1, 0.15) is 17.8 Å². The quantitative estimate of drug-likeness (QED) is 0.394. The molecule has 12 heteroatoms. The molecule has 0 radical (unpaired) electrons. The number of nitrogens with one attached hydrogen (secondary N) is 2. The van der Waals surface area contributed by atoms with Crippen LogP contribution in [0.5, 0.6) is 0 Å². The zero-order chi connectivity index (χ0) is 26.8. The number of rotatable bonds is 8. The number of aromatic nitrogens is 2. The molecule has 3 aromatic rings. The molecule has 2 aliphatic heterocycles. The molecule has 0 bridgehead atoms. The average Bonchev–Trinajstić information content (AvgIpc) is 3.30. The van der Waals surface area contributed by atoms with E-state index in [0.29, 0.717) is 62.0 Å². The molecule has 5 rings (SSSR count). The van der Waals surface area contributed by atoms with Gasteiger partial charge < -0.3 is 15.7 Å². The molecular weight excluding hydrogens is 514 g/mol. The number of likely N-dealkylation sites (tertiary alicyclic amines) is 1. The number of benzene rings is 2. The maximum atomic E-state index is 13.5. The van der Waals surface area contributed by atoms with Crippen LogP contribution in [0.25, 0.3) is 0 Å². The normalized spacial score (nSPS) is 20.3. The van der Waals surface area contributed by atoms with Crippen molar-refractivity contribution in [1.29, 1.82) is 0 Å². The first-order chi connectivity index (χ1) is 18.2. The summed E-state index contributed by atoms with van der Waals surface area (Å²) in [6.07, 6.45) is 1.80. The van der Waals surface area contributed by atoms with Crippen LogP contribution in [0.15, 0.2) is 65.7 Å². The van der Waals surface area contributed by atoms with Crippen LogP contribution in [0.2, 0.25) is 0 Å². The van der Waals surface area contributed by atoms with E-state index >= 15 is 0 Å². The van der Waals surface area contributed by atoms with Gasteiger partial charge in [-0.15, -0.1) is 0 Å². The highest BCUT2D eigenvalue weighted by Gasteiger charge is 2.39. The third kappa shape index (κ3) is 6.26. The lowest BCUT2D eigenvalue weighted by Gasteiger charge is -2.39. The summed E-state index contributed by atoms with van der Waals surface area (Å²) in [4.78, 5) is 10.6. The number of nitrogens with zero attached hydrogens (tertiary/aromatic N) is 4. The lowest BCUT2D eigenvalue weighted by Crippen LogP contribution is -2.51. The Morgan fingerprint density at radius 2 is 1.63 bits per heavy atom. The second-order valence-corrected chi connectivity index (χ2v) is 11.7. The highest BCUT2D eigenvalue weighted by Crippen LogP contribution is 2.29. The Labute approximate surface area is 220 Å². The first-order valence-corrected chi connectivity index (χ1v) is 13.9. The number of hydrogen-bond acceptors (Lipinski definition) is 8. The number of hydrogen-bond donors (Lipinski definition) is 3. The first kappa shape index (κ1) is 26.4. The van der Waals surface area contributed by atoms with E-state index in [1.807, 2.05) is 4.90 Å². The molecule has 3 heterocycles. The van der Waals surface area contributed by atoms with Crippen LogP contribution in [0.4, 0.5) is 31.9 Å². The topological polar surface area (TPSA) is 111 Å². The van der Waals surface area contributed by atoms with Gasteiger partial charge in [-0.1, -0.05) is 0 Å². The van der Waals surface area contributed by atoms with Crippen molar-refractivity contribution in [3.63, 3.8) is 0 Å². The lowest BCUT2D eigenvalue weighted by molar-refractivity contribution is -0.0292. The van der Waals surface area contributed by atoms with Gasteiger partial charge in [-0.05, 0) is 73.9 Å². The predicted octanol–water partition coefficient (Wildman–Crippen LogP) is 3.66. The standard InChI is InChI=1S/C26H30F2N6O3S/c27-19-1-3-21(4-2-19)30-24-9-13-29-25(32-24)31-22-5-7-23(8-6-22)38(36,37)34-15-11-26(35,12-16-34)18-33-14-10-20(28)17-33/h1-9,13,20,35H,10-12,14-18H2,(H2,29,30,31,32)/t20-/m0/s1. The first-order valence-electron chi connectivity index (χ1n) is 12.5. The van der Waals surface area contributed by atoms with Gasteiger partial charge in [0.2, 0.25) is 16.0 Å². The number of sulfonamides is 1. The highest BCUT2D eigenvalue weighted by molar-refractivity contribution is 7.89. The third-order valence-electron chi connectivity index (χ3n) is 6.91. The van der Waals surface area contributed by atoms with Crippen LogP contribution in [-0.4, -0.2) is 77.2 Å². The third-order valence-corrected chi connectivity index (χ3v) is 8.82. The Hall–Kier alpha value is -3.19. The van der Waals surface area contributed by atoms with E-state index < -0.39 is 21.8 Å². The van der Waals surface area contributed by atoms with Crippen LogP contribution >= 0.6 is 0 Å². The van der Waals surface area contributed by atoms with Crippen LogP contribution < -0.4 is 10.6 Å². The molecule has 0 aliphatic carbocycles. The van der Waals surface area contributed by atoms with Gasteiger partial charge in [-0.2, -0.15) is 9.29 Å². The van der Waals surface area contributed by atoms with Crippen LogP contribution in [0.1, 0.15) is 19.3 Å². The molecule has 0 unspecified atom stereocenters. The molecule has 0 saturated carbocycles. The van der Waals surface area contributed by atoms with Crippen LogP contribution in [0.3, 0.4) is 0 Å². The van der Waals surface area contributed by atoms with Crippen molar-refractivity contribution in [2.24, 2.45) is 0 Å². The molecule has 3 N–H and O–H groups in total. The molecule has 9 nitrogen and oxygen atoms in total. The smallest absolute Gasteiger partial charge is 0.243 e. The zero-order valence-electron chi connectivity index (χ0n) is 20.7. The van der Waals surface area contributed by atoms with Crippen molar-refractivity contribution in [1.82, 2.24) is 19.2 Å². The van der Waals surface area contributed by atoms with Crippen molar-refractivity contribution < 1.29 is 22.3 Å². The summed E-state index contributed by atoms with van der Waals surface area (Å²) in [6, 6.07) is 13.9. The molecule has 38 heavy (non-hydrogen) atoms. The zero-order valence-corrected chi connectivity index (χ0v) is 21.5. The van der Waals surface area contributed by atoms with Gasteiger partial charge in [0.25, 0.3) is 0 Å². The number of anilines is 4. The summed E-state index contributed by atoms with van der Waals surface area (Å²) in [6.45, 7) is 1.71. The molecule has 202 valence electrons. The number of halogens is 2. The molecule has 2 fully saturated rings. The van der Waals surface area contributed by atoms with E-state index in [1.165, 1.54) is 28.6 Å². The molecule has 2 aromatic carbocycles. The number of aliphatic hydroxyl groups is 1. The molecule has 0 spiro atoms. The number of piperidine rings is 1. The fourth-order valence-electron chi connectivity index (χ4n) is 4.80. The van der Waals surface area contributed by atoms with Crippen LogP contribution in [-0.2, 0) is 10.0 Å². The van der Waals surface area contributed by atoms with E-state index in [-0.39, 0.29) is 23.8 Å². The second kappa shape index (κ2) is 10.9. The van der Waals surface area contributed by atoms with Crippen molar-refractivity contribution in [2.45, 2.75) is 35.9 Å². The Balaban J connectivity index is 1.18. The average molecular weight is 545 g/mol. The molecule has 1 aromatic heterocycles. The highest BCUT2D eigenvalue weighted by atomic mass is 32.2. The predicted molar refractivity (Wildman–Crippen MR) is 140 cm³/mol. The molecule has 1 atom stereocenters. The summed E-state index contributed by atoms with van der Waals surface area (Å²) in [5.41, 5.74) is 0.267. The van der Waals surface area contributed by atoms with Gasteiger partial charge in [-0.3, -0.25) is 4.90 Å². The lowest BCUT2D eigenvalue weighted by atomic mass is 9.92. The summed E-state index contributed by atoms with van der Waals surface area (Å²) >= 11 is 0. The van der Waals surface area contributed by atoms with Gasteiger partial charge in [0.15, 0.2) is 0 Å². The SMILES string of the molecule is O=S(=O)(c1ccc(Nc2nccc(Nc3ccc(F)cc3)n2)cc1)N1CCC(O)(CN2CC[C@H](F)C2)CC1. The van der Waals surface area contributed by atoms with E-state index in [4.69, 9.17) is 0 Å². The van der Waals surface area contributed by atoms with Crippen molar-refractivity contribution in [3.05, 3.63) is 66.6 Å². The summed E-state index contributed by atoms with van der Waals surface area (Å²) in [5, 5.41) is 17.1. The van der Waals surface area contributed by atoms with Gasteiger partial charge >= 0.3 is 0 Å². The second-order valence-electron chi connectivity index (χ2n) is 9.80. The Morgan fingerprint density at radius 1 is 0.974 bits per heavy atom. The summed E-state index contributed by atoms with van der Waals surface area (Å²) < 4.78 is 54.4. The largest absolute Gasteiger partial charge is 0.388 e. The minimum atomic E-state index is -3.73. The maximum Gasteiger partial charge on any atom is 0.243 e. The Kier molecular flexibility index (Phi) is 7.57. The van der Waals surface area contributed by atoms with Crippen molar-refractivity contribution >= 4 is 33.2 Å². The molecule has 2 aliphatic rings. The molecule has 2 saturated heterocycles. The van der Waals surface area contributed by atoms with E-state index in [1.54, 1.807) is 36.5 Å². The Bertz CT molecular complexity index is 1350. The number of β-amino-alcohol motifs (C(OH)–C–C–N with tert-alkyl or cyclic N) is 1. The van der Waals surface area contributed by atoms with Gasteiger partial charge in [-0.25, -0.2) is 22.2 Å². The van der Waals surface area contributed by atoms with Gasteiger partial charge in [0, 0.05) is 50.3 Å². The van der Waals surface area contributed by atoms with Gasteiger partial charge in [0.05, 0.1) is 10.5 Å². The monoisotopic (exact) mass is 544 g/mol. The Morgan fingerprint density at radius 3 is 2.29 bits per heavy atom. The minimum Gasteiger partial charge on any atom is -0.388 e. The maximum absolute atomic E-state index is 13.5. The van der Waals surface area contributed by atoms with Crippen LogP contribution in [0, 0.1) is 5.82 Å². The van der Waals surface area contributed by atoms with E-state index in [0.717, 1.165) is 0 Å². The minimum absolute atomic E-state index is 0.154. The van der Waals surface area contributed by atoms with Crippen molar-refractivity contribution in [3.8, 4) is 0 Å². The molecule has 0 amide bonds. The fourth-order valence-corrected chi connectivity index (χ4v) is 6.25. The van der Waals surface area contributed by atoms with E-state index in [2.05, 4.69) is 20.6 Å². The fraction of sp³-hybridized carbons (Fsp3) is 0.385. The summed E-state index contributed by atoms with van der Waals surface area (Å²) in [5.74, 6) is 0.482. The number of alkyl halides is 1. The molecular formula is C26H30F2N6O3S. The van der Waals surface area contributed by atoms with Crippen molar-refractivity contribution in [2.75, 3.05) is 43.4 Å².